The van der Waals surface area contributed by atoms with Crippen LogP contribution < -0.4 is 10.1 Å². The number of methoxy groups -OCH3 is 1. The number of aliphatic hydroxyl groups is 2. The molecule has 1 aliphatic heterocycles. The molecule has 0 bridgehead atoms. The van der Waals surface area contributed by atoms with Gasteiger partial charge in [0, 0.05) is 13.1 Å². The van der Waals surface area contributed by atoms with Crippen molar-refractivity contribution in [2.24, 2.45) is 0 Å². The van der Waals surface area contributed by atoms with E-state index in [1.807, 2.05) is 30.3 Å². The van der Waals surface area contributed by atoms with Crippen molar-refractivity contribution < 1.29 is 24.1 Å². The number of hydrogen-bond donors (Lipinski definition) is 3. The third-order valence-electron chi connectivity index (χ3n) is 5.28. The Bertz CT molecular complexity index is 812. The molecule has 1 fully saturated rings. The molecule has 29 heavy (non-hydrogen) atoms. The number of likely N-dealkylation sites (tertiary alicyclic amines) is 1. The Morgan fingerprint density at radius 3 is 2.45 bits per heavy atom. The monoisotopic (exact) mass is 402 g/mol. The second kappa shape index (κ2) is 9.82. The first-order valence-corrected chi connectivity index (χ1v) is 9.77. The second-order valence-electron chi connectivity index (χ2n) is 7.16. The summed E-state index contributed by atoms with van der Waals surface area (Å²) in [4.78, 5) is 14.8. The van der Waals surface area contributed by atoms with Gasteiger partial charge in [-0.15, -0.1) is 0 Å². The summed E-state index contributed by atoms with van der Waals surface area (Å²) in [6.07, 6.45) is 0.531. The van der Waals surface area contributed by atoms with Crippen LogP contribution in [0.2, 0.25) is 0 Å². The van der Waals surface area contributed by atoms with Gasteiger partial charge < -0.3 is 19.8 Å². The summed E-state index contributed by atoms with van der Waals surface area (Å²) in [6.45, 7) is 0.989. The molecule has 7 heteroatoms. The zero-order valence-corrected chi connectivity index (χ0v) is 16.4. The van der Waals surface area contributed by atoms with Crippen LogP contribution >= 0.6 is 0 Å². The van der Waals surface area contributed by atoms with E-state index in [0.717, 1.165) is 18.4 Å². The van der Waals surface area contributed by atoms with Crippen LogP contribution in [-0.4, -0.2) is 53.9 Å². The molecule has 156 valence electrons. The van der Waals surface area contributed by atoms with Gasteiger partial charge in [0.25, 0.3) is 0 Å². The zero-order valence-electron chi connectivity index (χ0n) is 16.4. The summed E-state index contributed by atoms with van der Waals surface area (Å²) in [5.41, 5.74) is 1.06. The van der Waals surface area contributed by atoms with E-state index in [2.05, 4.69) is 5.32 Å². The van der Waals surface area contributed by atoms with E-state index in [9.17, 15) is 19.4 Å². The first-order valence-electron chi connectivity index (χ1n) is 9.77. The normalized spacial score (nSPS) is 17.0. The number of benzene rings is 2. The maximum atomic E-state index is 14.2. The zero-order chi connectivity index (χ0) is 20.8. The highest BCUT2D eigenvalue weighted by atomic mass is 19.1. The third kappa shape index (κ3) is 4.93. The average molecular weight is 402 g/mol. The number of rotatable bonds is 8. The molecule has 0 spiro atoms. The van der Waals surface area contributed by atoms with Crippen LogP contribution in [0.1, 0.15) is 36.1 Å². The number of ether oxygens (including phenoxy) is 1. The predicted molar refractivity (Wildman–Crippen MR) is 107 cm³/mol. The molecule has 2 aromatic rings. The molecule has 6 nitrogen and oxygen atoms in total. The fourth-order valence-electron chi connectivity index (χ4n) is 3.65. The fourth-order valence-corrected chi connectivity index (χ4v) is 3.65. The van der Waals surface area contributed by atoms with Gasteiger partial charge in [0.15, 0.2) is 11.6 Å². The van der Waals surface area contributed by atoms with E-state index >= 15 is 0 Å². The number of amides is 1. The molecule has 3 N–H and O–H groups in total. The van der Waals surface area contributed by atoms with Crippen molar-refractivity contribution >= 4 is 5.91 Å². The van der Waals surface area contributed by atoms with Crippen molar-refractivity contribution in [3.63, 3.8) is 0 Å². The summed E-state index contributed by atoms with van der Waals surface area (Å²) in [5.74, 6) is -0.812. The van der Waals surface area contributed by atoms with Crippen LogP contribution in [0.25, 0.3) is 0 Å². The standard InChI is InChI=1S/C22H27FN2O4/c1-29-19-10-9-16(13-17(19)23)21(27)20(22(28)25-11-5-6-12-25)24-18(14-26)15-7-3-2-4-8-15/h2-4,7-10,13,18,20-21,24,26-27H,5-6,11-12,14H2,1H3/t18-,20?,21-/m1/s1. The quantitative estimate of drug-likeness (QED) is 0.631. The molecule has 0 radical (unpaired) electrons. The summed E-state index contributed by atoms with van der Waals surface area (Å²) < 4.78 is 19.1. The Labute approximate surface area is 169 Å². The van der Waals surface area contributed by atoms with Gasteiger partial charge in [0.2, 0.25) is 5.91 Å². The van der Waals surface area contributed by atoms with Crippen LogP contribution in [0, 0.1) is 5.82 Å². The van der Waals surface area contributed by atoms with E-state index in [4.69, 9.17) is 4.74 Å². The lowest BCUT2D eigenvalue weighted by Crippen LogP contribution is -2.50. The Hall–Kier alpha value is -2.48. The fraction of sp³-hybridized carbons (Fsp3) is 0.409. The Kier molecular flexibility index (Phi) is 7.19. The Morgan fingerprint density at radius 2 is 1.86 bits per heavy atom. The van der Waals surface area contributed by atoms with Crippen LogP contribution in [-0.2, 0) is 4.79 Å². The number of aliphatic hydroxyl groups excluding tert-OH is 2. The van der Waals surface area contributed by atoms with Gasteiger partial charge in [0.1, 0.15) is 12.1 Å². The van der Waals surface area contributed by atoms with Gasteiger partial charge in [-0.3, -0.25) is 10.1 Å². The highest BCUT2D eigenvalue weighted by Crippen LogP contribution is 2.27. The van der Waals surface area contributed by atoms with Gasteiger partial charge in [-0.1, -0.05) is 36.4 Å². The molecule has 1 amide bonds. The van der Waals surface area contributed by atoms with Crippen molar-refractivity contribution in [1.82, 2.24) is 10.2 Å². The smallest absolute Gasteiger partial charge is 0.242 e. The minimum absolute atomic E-state index is 0.0637. The Balaban J connectivity index is 1.89. The predicted octanol–water partition coefficient (Wildman–Crippen LogP) is 2.18. The third-order valence-corrected chi connectivity index (χ3v) is 5.28. The number of halogens is 1. The minimum atomic E-state index is -1.29. The lowest BCUT2D eigenvalue weighted by atomic mass is 9.98. The molecule has 3 atom stereocenters. The molecule has 0 aliphatic carbocycles. The van der Waals surface area contributed by atoms with Crippen LogP contribution in [0.4, 0.5) is 4.39 Å². The first kappa shape index (κ1) is 21.2. The SMILES string of the molecule is COc1ccc([C@@H](O)C(N[C@H](CO)c2ccccc2)C(=O)N2CCCC2)cc1F. The molecule has 1 aliphatic rings. The van der Waals surface area contributed by atoms with Gasteiger partial charge in [-0.05, 0) is 36.1 Å². The largest absolute Gasteiger partial charge is 0.494 e. The maximum Gasteiger partial charge on any atom is 0.242 e. The van der Waals surface area contributed by atoms with E-state index in [1.54, 1.807) is 4.90 Å². The summed E-state index contributed by atoms with van der Waals surface area (Å²) in [6, 6.07) is 11.8. The van der Waals surface area contributed by atoms with E-state index in [-0.39, 0.29) is 23.8 Å². The van der Waals surface area contributed by atoms with Gasteiger partial charge in [-0.2, -0.15) is 0 Å². The van der Waals surface area contributed by atoms with E-state index in [0.29, 0.717) is 13.1 Å². The number of nitrogens with zero attached hydrogens (tertiary/aromatic N) is 1. The van der Waals surface area contributed by atoms with Crippen molar-refractivity contribution in [2.45, 2.75) is 31.0 Å². The molecule has 1 unspecified atom stereocenters. The second-order valence-corrected chi connectivity index (χ2v) is 7.16. The van der Waals surface area contributed by atoms with Crippen LogP contribution in [0.3, 0.4) is 0 Å². The van der Waals surface area contributed by atoms with Crippen molar-refractivity contribution in [1.29, 1.82) is 0 Å². The molecule has 0 aromatic heterocycles. The summed E-state index contributed by atoms with van der Waals surface area (Å²) in [5, 5.41) is 24.0. The van der Waals surface area contributed by atoms with E-state index in [1.165, 1.54) is 25.3 Å². The molecule has 0 saturated carbocycles. The van der Waals surface area contributed by atoms with Crippen molar-refractivity contribution in [2.75, 3.05) is 26.8 Å². The number of carbonyl (C=O) groups excluding carboxylic acids is 1. The number of carbonyl (C=O) groups is 1. The molecule has 1 heterocycles. The highest BCUT2D eigenvalue weighted by molar-refractivity contribution is 5.83. The van der Waals surface area contributed by atoms with Gasteiger partial charge in [-0.25, -0.2) is 4.39 Å². The minimum Gasteiger partial charge on any atom is -0.494 e. The Morgan fingerprint density at radius 1 is 1.17 bits per heavy atom. The summed E-state index contributed by atoms with van der Waals surface area (Å²) >= 11 is 0. The molecular weight excluding hydrogens is 375 g/mol. The van der Waals surface area contributed by atoms with E-state index < -0.39 is 24.0 Å². The van der Waals surface area contributed by atoms with Crippen molar-refractivity contribution in [3.05, 3.63) is 65.5 Å². The number of nitrogens with one attached hydrogen (secondary N) is 1. The topological polar surface area (TPSA) is 82.0 Å². The molecule has 1 saturated heterocycles. The molecule has 2 aromatic carbocycles. The van der Waals surface area contributed by atoms with Crippen LogP contribution in [0.5, 0.6) is 5.75 Å². The molecule has 3 rings (SSSR count). The summed E-state index contributed by atoms with van der Waals surface area (Å²) in [7, 11) is 1.36. The maximum absolute atomic E-state index is 14.2. The first-order chi connectivity index (χ1) is 14.0. The lowest BCUT2D eigenvalue weighted by Gasteiger charge is -2.31. The highest BCUT2D eigenvalue weighted by Gasteiger charge is 2.35. The van der Waals surface area contributed by atoms with Crippen LogP contribution in [0.15, 0.2) is 48.5 Å². The van der Waals surface area contributed by atoms with Gasteiger partial charge >= 0.3 is 0 Å². The lowest BCUT2D eigenvalue weighted by molar-refractivity contribution is -0.135. The van der Waals surface area contributed by atoms with Gasteiger partial charge in [0.05, 0.1) is 19.8 Å². The molecular formula is C22H27FN2O4. The number of hydrogen-bond acceptors (Lipinski definition) is 5. The van der Waals surface area contributed by atoms with Crippen molar-refractivity contribution in [3.8, 4) is 5.75 Å². The average Bonchev–Trinajstić information content (AvgIpc) is 3.29.